The fourth-order valence-electron chi connectivity index (χ4n) is 4.85. The van der Waals surface area contributed by atoms with Gasteiger partial charge in [0.25, 0.3) is 0 Å². The zero-order valence-corrected chi connectivity index (χ0v) is 18.3. The van der Waals surface area contributed by atoms with Gasteiger partial charge in [-0.3, -0.25) is 15.1 Å². The number of benzene rings is 3. The van der Waals surface area contributed by atoms with Gasteiger partial charge in [0.05, 0.1) is 11.1 Å². The lowest BCUT2D eigenvalue weighted by Gasteiger charge is -2.41. The topological polar surface area (TPSA) is 41.6 Å². The van der Waals surface area contributed by atoms with Crippen LogP contribution in [0.15, 0.2) is 97.1 Å². The summed E-state index contributed by atoms with van der Waals surface area (Å²) in [5, 5.41) is 0. The number of amides is 1. The summed E-state index contributed by atoms with van der Waals surface area (Å²) >= 11 is 0. The summed E-state index contributed by atoms with van der Waals surface area (Å²) < 4.78 is 0. The van der Waals surface area contributed by atoms with Crippen LogP contribution in [0.1, 0.15) is 36.5 Å². The molecule has 2 heterocycles. The van der Waals surface area contributed by atoms with Crippen molar-refractivity contribution in [2.24, 2.45) is 0 Å². The number of likely N-dealkylation sites (tertiary alicyclic amines) is 1. The first-order chi connectivity index (χ1) is 15.6. The first-order valence-electron chi connectivity index (χ1n) is 11.2. The van der Waals surface area contributed by atoms with Gasteiger partial charge < -0.3 is 4.90 Å². The molecule has 0 radical (unpaired) electrons. The van der Waals surface area contributed by atoms with Gasteiger partial charge in [-0.2, -0.15) is 0 Å². The van der Waals surface area contributed by atoms with E-state index in [-0.39, 0.29) is 11.5 Å². The van der Waals surface area contributed by atoms with Crippen molar-refractivity contribution in [3.05, 3.63) is 114 Å². The number of hydroxylamine groups is 1. The molecule has 1 N–H and O–H groups in total. The van der Waals surface area contributed by atoms with E-state index in [0.717, 1.165) is 35.2 Å². The van der Waals surface area contributed by atoms with Crippen molar-refractivity contribution in [2.45, 2.75) is 30.8 Å². The Morgan fingerprint density at radius 2 is 1.34 bits per heavy atom. The van der Waals surface area contributed by atoms with Gasteiger partial charge in [-0.25, -0.2) is 0 Å². The summed E-state index contributed by atoms with van der Waals surface area (Å²) in [6.45, 7) is 3.37. The van der Waals surface area contributed by atoms with E-state index in [1.165, 1.54) is 0 Å². The molecule has 2 aliphatic heterocycles. The second-order valence-corrected chi connectivity index (χ2v) is 8.84. The van der Waals surface area contributed by atoms with Crippen LogP contribution >= 0.6 is 0 Å². The minimum atomic E-state index is -0.729. The molecule has 4 nitrogen and oxygen atoms in total. The number of carbonyl (C=O) groups is 1. The van der Waals surface area contributed by atoms with Crippen molar-refractivity contribution in [2.75, 3.05) is 13.1 Å². The lowest BCUT2D eigenvalue weighted by Crippen LogP contribution is -2.52. The van der Waals surface area contributed by atoms with Crippen LogP contribution in [-0.4, -0.2) is 29.5 Å². The lowest BCUT2D eigenvalue weighted by atomic mass is 9.74. The molecule has 0 bridgehead atoms. The molecule has 1 saturated heterocycles. The molecule has 1 fully saturated rings. The molecule has 0 aliphatic carbocycles. The molecular weight excluding hydrogens is 396 g/mol. The normalized spacial score (nSPS) is 17.7. The molecule has 3 aromatic carbocycles. The van der Waals surface area contributed by atoms with Gasteiger partial charge in [-0.05, 0) is 29.7 Å². The van der Waals surface area contributed by atoms with E-state index in [0.29, 0.717) is 13.1 Å². The smallest absolute Gasteiger partial charge is 0.237 e. The van der Waals surface area contributed by atoms with Gasteiger partial charge >= 0.3 is 0 Å². The van der Waals surface area contributed by atoms with Crippen molar-refractivity contribution >= 4 is 11.6 Å². The predicted octanol–water partition coefficient (Wildman–Crippen LogP) is 4.93. The second kappa shape index (κ2) is 8.29. The fraction of sp³-hybridized carbons (Fsp3) is 0.250. The average Bonchev–Trinajstić information content (AvgIpc) is 3.28. The number of nitrogens with zero attached hydrogens (tertiary/aromatic N) is 1. The highest BCUT2D eigenvalue weighted by Crippen LogP contribution is 2.38. The Hall–Kier alpha value is -3.37. The van der Waals surface area contributed by atoms with E-state index in [1.54, 1.807) is 0 Å². The Kier molecular flexibility index (Phi) is 5.32. The van der Waals surface area contributed by atoms with Gasteiger partial charge in [-0.15, -0.1) is 0 Å². The number of rotatable bonds is 4. The second-order valence-electron chi connectivity index (χ2n) is 8.84. The fourth-order valence-corrected chi connectivity index (χ4v) is 4.85. The largest absolute Gasteiger partial charge is 0.341 e. The molecule has 2 aliphatic rings. The molecule has 0 aromatic heterocycles. The van der Waals surface area contributed by atoms with Crippen LogP contribution in [0.2, 0.25) is 0 Å². The van der Waals surface area contributed by atoms with Gasteiger partial charge in [-0.1, -0.05) is 91.0 Å². The van der Waals surface area contributed by atoms with Crippen LogP contribution in [0.25, 0.3) is 5.70 Å². The maximum absolute atomic E-state index is 14.0. The third-order valence-corrected chi connectivity index (χ3v) is 6.88. The van der Waals surface area contributed by atoms with Crippen molar-refractivity contribution < 1.29 is 9.63 Å². The maximum atomic E-state index is 14.0. The Labute approximate surface area is 189 Å². The molecule has 4 heteroatoms. The van der Waals surface area contributed by atoms with Crippen LogP contribution in [0.3, 0.4) is 0 Å². The molecule has 32 heavy (non-hydrogen) atoms. The monoisotopic (exact) mass is 424 g/mol. The molecule has 0 saturated carbocycles. The number of piperidine rings is 1. The summed E-state index contributed by atoms with van der Waals surface area (Å²) in [5.74, 6) is 0.142. The summed E-state index contributed by atoms with van der Waals surface area (Å²) in [6.07, 6.45) is 3.72. The Morgan fingerprint density at radius 1 is 0.844 bits per heavy atom. The number of carbonyl (C=O) groups excluding carboxylic acids is 1. The molecule has 1 spiro atoms. The number of hydrogen-bond donors (Lipinski definition) is 1. The molecule has 0 atom stereocenters. The van der Waals surface area contributed by atoms with E-state index >= 15 is 0 Å². The van der Waals surface area contributed by atoms with E-state index in [2.05, 4.69) is 48.0 Å². The molecule has 0 unspecified atom stereocenters. The summed E-state index contributed by atoms with van der Waals surface area (Å²) in [7, 11) is 0. The minimum Gasteiger partial charge on any atom is -0.341 e. The van der Waals surface area contributed by atoms with Crippen molar-refractivity contribution in [3.63, 3.8) is 0 Å². The maximum Gasteiger partial charge on any atom is 0.237 e. The van der Waals surface area contributed by atoms with Gasteiger partial charge in [0.2, 0.25) is 5.91 Å². The standard InChI is InChI=1S/C28H28N2O2/c1-27(23-13-7-3-8-14-23,24-15-9-4-10-16-24)26(31)30-19-17-28(18-20-30)21-25(29-32-28)22-11-5-2-6-12-22/h2-16,21,29H,17-20H2,1H3. The third-order valence-electron chi connectivity index (χ3n) is 6.88. The highest BCUT2D eigenvalue weighted by molar-refractivity contribution is 5.91. The highest BCUT2D eigenvalue weighted by atomic mass is 16.7. The molecule has 5 rings (SSSR count). The lowest BCUT2D eigenvalue weighted by molar-refractivity contribution is -0.141. The van der Waals surface area contributed by atoms with E-state index < -0.39 is 5.41 Å². The van der Waals surface area contributed by atoms with Gasteiger partial charge in [0.1, 0.15) is 5.60 Å². The molecule has 3 aromatic rings. The predicted molar refractivity (Wildman–Crippen MR) is 127 cm³/mol. The number of hydrogen-bond acceptors (Lipinski definition) is 3. The molecular formula is C28H28N2O2. The van der Waals surface area contributed by atoms with Crippen LogP contribution in [-0.2, 0) is 15.0 Å². The zero-order chi connectivity index (χ0) is 22.0. The summed E-state index contributed by atoms with van der Waals surface area (Å²) in [6, 6.07) is 30.4. The van der Waals surface area contributed by atoms with Gasteiger partial charge in [0, 0.05) is 25.9 Å². The molecule has 162 valence electrons. The van der Waals surface area contributed by atoms with E-state index in [1.807, 2.05) is 66.4 Å². The first kappa shape index (κ1) is 20.5. The van der Waals surface area contributed by atoms with Crippen LogP contribution in [0, 0.1) is 0 Å². The molecule has 1 amide bonds. The van der Waals surface area contributed by atoms with Crippen LogP contribution in [0.4, 0.5) is 0 Å². The summed E-state index contributed by atoms with van der Waals surface area (Å²) in [4.78, 5) is 22.0. The number of nitrogens with one attached hydrogen (secondary N) is 1. The van der Waals surface area contributed by atoms with Crippen LogP contribution in [0.5, 0.6) is 0 Å². The quantitative estimate of drug-likeness (QED) is 0.646. The minimum absolute atomic E-state index is 0.142. The van der Waals surface area contributed by atoms with Crippen molar-refractivity contribution in [1.82, 2.24) is 10.4 Å². The highest BCUT2D eigenvalue weighted by Gasteiger charge is 2.45. The first-order valence-corrected chi connectivity index (χ1v) is 11.2. The van der Waals surface area contributed by atoms with Crippen LogP contribution < -0.4 is 5.48 Å². The van der Waals surface area contributed by atoms with Gasteiger partial charge in [0.15, 0.2) is 0 Å². The van der Waals surface area contributed by atoms with Crippen molar-refractivity contribution in [1.29, 1.82) is 0 Å². The zero-order valence-electron chi connectivity index (χ0n) is 18.3. The Morgan fingerprint density at radius 3 is 1.88 bits per heavy atom. The van der Waals surface area contributed by atoms with E-state index in [9.17, 15) is 4.79 Å². The summed E-state index contributed by atoms with van der Waals surface area (Å²) in [5.41, 5.74) is 6.17. The van der Waals surface area contributed by atoms with Crippen molar-refractivity contribution in [3.8, 4) is 0 Å². The Balaban J connectivity index is 1.38. The SMILES string of the molecule is CC(C(=O)N1CCC2(C=C(c3ccccc3)NO2)CC1)(c1ccccc1)c1ccccc1. The average molecular weight is 425 g/mol. The third kappa shape index (κ3) is 3.61. The van der Waals surface area contributed by atoms with E-state index in [4.69, 9.17) is 4.84 Å². The Bertz CT molecular complexity index is 1060.